The maximum atomic E-state index is 3.78. The molecule has 0 heteroatoms. The minimum Gasteiger partial charge on any atom is -0.0616 e. The molecule has 34 heavy (non-hydrogen) atoms. The van der Waals surface area contributed by atoms with Gasteiger partial charge in [0.05, 0.1) is 0 Å². The van der Waals surface area contributed by atoms with Crippen molar-refractivity contribution in [1.29, 1.82) is 0 Å². The van der Waals surface area contributed by atoms with Crippen molar-refractivity contribution in [3.63, 3.8) is 0 Å². The zero-order chi connectivity index (χ0) is 22.2. The van der Waals surface area contributed by atoms with Crippen LogP contribution in [-0.4, -0.2) is 0 Å². The lowest BCUT2D eigenvalue weighted by atomic mass is 9.90. The van der Waals surface area contributed by atoms with E-state index < -0.39 is 0 Å². The van der Waals surface area contributed by atoms with Crippen molar-refractivity contribution in [2.24, 2.45) is 0 Å². The maximum absolute atomic E-state index is 3.78. The van der Waals surface area contributed by atoms with Gasteiger partial charge in [-0.25, -0.2) is 0 Å². The first kappa shape index (κ1) is 18.1. The molecule has 0 N–H and O–H groups in total. The van der Waals surface area contributed by atoms with Crippen LogP contribution in [0.15, 0.2) is 115 Å². The van der Waals surface area contributed by atoms with Crippen LogP contribution in [0.3, 0.4) is 0 Å². The smallest absolute Gasteiger partial charge is 0.00139 e. The van der Waals surface area contributed by atoms with Gasteiger partial charge >= 0.3 is 0 Å². The van der Waals surface area contributed by atoms with Gasteiger partial charge < -0.3 is 0 Å². The highest BCUT2D eigenvalue weighted by Crippen LogP contribution is 2.51. The summed E-state index contributed by atoms with van der Waals surface area (Å²) in [6.07, 6.45) is 0. The second-order valence-electron chi connectivity index (χ2n) is 9.22. The summed E-state index contributed by atoms with van der Waals surface area (Å²) >= 11 is 0. The summed E-state index contributed by atoms with van der Waals surface area (Å²) in [5.74, 6) is 0. The lowest BCUT2D eigenvalue weighted by molar-refractivity contribution is 1.66. The Morgan fingerprint density at radius 2 is 1.09 bits per heavy atom. The van der Waals surface area contributed by atoms with Gasteiger partial charge in [-0.1, -0.05) is 115 Å². The number of hydrogen-bond donors (Lipinski definition) is 0. The Morgan fingerprint density at radius 3 is 2.06 bits per heavy atom. The second kappa shape index (κ2) is 6.56. The van der Waals surface area contributed by atoms with Crippen molar-refractivity contribution in [2.75, 3.05) is 0 Å². The molecule has 0 spiro atoms. The molecule has 0 unspecified atom stereocenters. The van der Waals surface area contributed by atoms with Crippen LogP contribution in [0.25, 0.3) is 76.5 Å². The van der Waals surface area contributed by atoms with E-state index in [1.165, 1.54) is 65.5 Å². The zero-order valence-corrected chi connectivity index (χ0v) is 18.5. The summed E-state index contributed by atoms with van der Waals surface area (Å²) in [6, 6.07) is 45.9. The second-order valence-corrected chi connectivity index (χ2v) is 9.22. The van der Waals surface area contributed by atoms with Crippen LogP contribution < -0.4 is 0 Å². The Bertz CT molecular complexity index is 1960. The summed E-state index contributed by atoms with van der Waals surface area (Å²) in [7, 11) is 0. The molecule has 0 aromatic heterocycles. The van der Waals surface area contributed by atoms with Crippen molar-refractivity contribution in [3.05, 3.63) is 121 Å². The van der Waals surface area contributed by atoms with Gasteiger partial charge in [-0.2, -0.15) is 0 Å². The van der Waals surface area contributed by atoms with E-state index in [9.17, 15) is 0 Å². The molecule has 7 aromatic carbocycles. The molecule has 0 saturated heterocycles. The summed E-state index contributed by atoms with van der Waals surface area (Å²) in [5.41, 5.74) is 7.73. The van der Waals surface area contributed by atoms with E-state index in [1.54, 1.807) is 0 Å². The highest BCUT2D eigenvalue weighted by Gasteiger charge is 2.24. The topological polar surface area (TPSA) is 0 Å². The molecule has 1 aliphatic carbocycles. The molecule has 0 bridgehead atoms. The number of fused-ring (bicyclic) bond motifs is 8. The largest absolute Gasteiger partial charge is 0.0616 e. The van der Waals surface area contributed by atoms with E-state index in [1.807, 2.05) is 0 Å². The van der Waals surface area contributed by atoms with Gasteiger partial charge in [0.2, 0.25) is 0 Å². The molecule has 0 amide bonds. The van der Waals surface area contributed by atoms with Gasteiger partial charge in [-0.15, -0.1) is 0 Å². The molecule has 0 saturated carbocycles. The molecule has 8 rings (SSSR count). The molecule has 155 valence electrons. The normalized spacial score (nSPS) is 12.1. The first-order chi connectivity index (χ1) is 16.9. The molecular weight excluding hydrogens is 408 g/mol. The van der Waals surface area contributed by atoms with Crippen molar-refractivity contribution < 1.29 is 0 Å². The van der Waals surface area contributed by atoms with Crippen LogP contribution >= 0.6 is 0 Å². The van der Waals surface area contributed by atoms with Gasteiger partial charge in [0, 0.05) is 0 Å². The van der Waals surface area contributed by atoms with Gasteiger partial charge in [0.1, 0.15) is 0 Å². The van der Waals surface area contributed by atoms with E-state index in [2.05, 4.69) is 121 Å². The van der Waals surface area contributed by atoms with Crippen molar-refractivity contribution >= 4 is 43.1 Å². The first-order valence-electron chi connectivity index (χ1n) is 11.8. The predicted molar refractivity (Wildman–Crippen MR) is 145 cm³/mol. The van der Waals surface area contributed by atoms with Gasteiger partial charge in [-0.05, 0) is 82.5 Å². The van der Waals surface area contributed by atoms with Gasteiger partial charge in [0.25, 0.3) is 0 Å². The Morgan fingerprint density at radius 1 is 0.382 bits per heavy atom. The fourth-order valence-electron chi connectivity index (χ4n) is 5.95. The molecule has 1 radical (unpaired) electrons. The standard InChI is InChI=1S/C34H19/c1-2-8-25-21(6-1)12-18-30-26-16-14-24(20-23(26)15-19-29(25)30)27-17-13-22-7-5-11-31-28-9-3-4-10-32(28)34(27)33(22)31/h1-19H. The van der Waals surface area contributed by atoms with E-state index in [0.717, 1.165) is 10.9 Å². The Balaban J connectivity index is 1.41. The van der Waals surface area contributed by atoms with Crippen LogP contribution in [0.2, 0.25) is 0 Å². The average molecular weight is 428 g/mol. The summed E-state index contributed by atoms with van der Waals surface area (Å²) in [5, 5.41) is 10.2. The van der Waals surface area contributed by atoms with Crippen molar-refractivity contribution in [2.45, 2.75) is 0 Å². The van der Waals surface area contributed by atoms with Gasteiger partial charge in [0.15, 0.2) is 0 Å². The Labute approximate surface area is 197 Å². The predicted octanol–water partition coefficient (Wildman–Crippen LogP) is 9.41. The molecule has 0 nitrogen and oxygen atoms in total. The van der Waals surface area contributed by atoms with E-state index >= 15 is 0 Å². The quantitative estimate of drug-likeness (QED) is 0.229. The molecule has 0 fully saturated rings. The lowest BCUT2D eigenvalue weighted by Gasteiger charge is -2.12. The molecule has 0 atom stereocenters. The van der Waals surface area contributed by atoms with Crippen LogP contribution in [0.4, 0.5) is 0 Å². The minimum absolute atomic E-state index is 1.15. The van der Waals surface area contributed by atoms with E-state index in [-0.39, 0.29) is 0 Å². The minimum atomic E-state index is 1.15. The molecule has 7 aromatic rings. The highest BCUT2D eigenvalue weighted by molar-refractivity contribution is 6.20. The molecular formula is C34H19. The molecule has 0 aliphatic heterocycles. The van der Waals surface area contributed by atoms with Crippen molar-refractivity contribution in [1.82, 2.24) is 0 Å². The SMILES string of the molecule is [c]1c(-c2ccc3cccc4c3c2-c2ccccc2-4)ccc2c1ccc1c3ccccc3ccc21. The van der Waals surface area contributed by atoms with Crippen LogP contribution in [0, 0.1) is 6.07 Å². The third-order valence-corrected chi connectivity index (χ3v) is 7.48. The summed E-state index contributed by atoms with van der Waals surface area (Å²) < 4.78 is 0. The van der Waals surface area contributed by atoms with E-state index in [4.69, 9.17) is 0 Å². The fourth-order valence-corrected chi connectivity index (χ4v) is 5.95. The first-order valence-corrected chi connectivity index (χ1v) is 11.8. The number of rotatable bonds is 1. The lowest BCUT2D eigenvalue weighted by Crippen LogP contribution is -1.87. The third-order valence-electron chi connectivity index (χ3n) is 7.48. The van der Waals surface area contributed by atoms with E-state index in [0.29, 0.717) is 0 Å². The number of hydrogen-bond acceptors (Lipinski definition) is 0. The average Bonchev–Trinajstić information content (AvgIpc) is 3.24. The summed E-state index contributed by atoms with van der Waals surface area (Å²) in [4.78, 5) is 0. The monoisotopic (exact) mass is 427 g/mol. The third kappa shape index (κ3) is 2.32. The van der Waals surface area contributed by atoms with Crippen molar-refractivity contribution in [3.8, 4) is 33.4 Å². The maximum Gasteiger partial charge on any atom is -0.00139 e. The van der Waals surface area contributed by atoms with Crippen LogP contribution in [0.5, 0.6) is 0 Å². The zero-order valence-electron chi connectivity index (χ0n) is 18.5. The van der Waals surface area contributed by atoms with Crippen LogP contribution in [0.1, 0.15) is 0 Å². The fraction of sp³-hybridized carbons (Fsp3) is 0. The summed E-state index contributed by atoms with van der Waals surface area (Å²) in [6.45, 7) is 0. The molecule has 0 heterocycles. The Kier molecular flexibility index (Phi) is 3.48. The van der Waals surface area contributed by atoms with Crippen LogP contribution in [-0.2, 0) is 0 Å². The molecule has 1 aliphatic rings. The van der Waals surface area contributed by atoms with Gasteiger partial charge in [-0.3, -0.25) is 0 Å². The number of benzene rings is 7. The Hall–Kier alpha value is -4.42. The highest BCUT2D eigenvalue weighted by atomic mass is 14.3.